The molecule has 4 rings (SSSR count). The Labute approximate surface area is 160 Å². The van der Waals surface area contributed by atoms with E-state index in [1.807, 2.05) is 35.0 Å². The number of aromatic amines is 1. The summed E-state index contributed by atoms with van der Waals surface area (Å²) in [7, 11) is 0. The molecule has 1 aliphatic rings. The molecule has 0 bridgehead atoms. The number of carbonyl (C=O) groups excluding carboxylic acids is 2. The molecule has 9 nitrogen and oxygen atoms in total. The molecule has 2 amide bonds. The number of primary amides is 1. The van der Waals surface area contributed by atoms with Crippen LogP contribution in [0.25, 0.3) is 0 Å². The molecule has 0 saturated heterocycles. The Morgan fingerprint density at radius 3 is 2.86 bits per heavy atom. The number of aromatic nitrogens is 4. The van der Waals surface area contributed by atoms with Crippen LogP contribution in [0.1, 0.15) is 40.4 Å². The van der Waals surface area contributed by atoms with Crippen LogP contribution < -0.4 is 15.8 Å². The summed E-state index contributed by atoms with van der Waals surface area (Å²) in [5.74, 6) is 0.0555. The SMILES string of the molecule is NC(=O)c1[nH]nc2c1C(c1ccc(OCCCn3ccnc3)cc1)CC(=O)N2. The van der Waals surface area contributed by atoms with Crippen LogP contribution in [0.4, 0.5) is 5.82 Å². The minimum atomic E-state index is -0.604. The number of amides is 2. The summed E-state index contributed by atoms with van der Waals surface area (Å²) in [6.45, 7) is 1.43. The normalized spacial score (nSPS) is 15.7. The maximum absolute atomic E-state index is 12.0. The number of aryl methyl sites for hydroxylation is 1. The number of hydrogen-bond acceptors (Lipinski definition) is 5. The van der Waals surface area contributed by atoms with Gasteiger partial charge in [0, 0.05) is 36.8 Å². The molecule has 1 unspecified atom stereocenters. The van der Waals surface area contributed by atoms with Crippen molar-refractivity contribution in [2.24, 2.45) is 5.73 Å². The zero-order valence-corrected chi connectivity index (χ0v) is 15.1. The highest BCUT2D eigenvalue weighted by Gasteiger charge is 2.33. The standard InChI is InChI=1S/C19H20N6O3/c20-18(27)17-16-14(10-15(26)22-19(16)24-23-17)12-2-4-13(5-3-12)28-9-1-7-25-8-6-21-11-25/h2-6,8,11,14H,1,7,9-10H2,(H2,20,27)(H2,22,23,24,26). The first-order valence-electron chi connectivity index (χ1n) is 8.98. The fraction of sp³-hybridized carbons (Fsp3) is 0.263. The molecular formula is C19H20N6O3. The van der Waals surface area contributed by atoms with Gasteiger partial charge in [-0.05, 0) is 24.1 Å². The number of carbonyl (C=O) groups is 2. The highest BCUT2D eigenvalue weighted by atomic mass is 16.5. The lowest BCUT2D eigenvalue weighted by atomic mass is 9.85. The van der Waals surface area contributed by atoms with Crippen molar-refractivity contribution in [1.29, 1.82) is 0 Å². The van der Waals surface area contributed by atoms with Crippen LogP contribution in [0, 0.1) is 0 Å². The van der Waals surface area contributed by atoms with Crippen molar-refractivity contribution >= 4 is 17.6 Å². The number of nitrogens with zero attached hydrogens (tertiary/aromatic N) is 3. The average Bonchev–Trinajstić information content (AvgIpc) is 3.34. The van der Waals surface area contributed by atoms with Gasteiger partial charge in [-0.3, -0.25) is 14.7 Å². The highest BCUT2D eigenvalue weighted by molar-refractivity contribution is 6.00. The van der Waals surface area contributed by atoms with Crippen LogP contribution in [-0.4, -0.2) is 38.2 Å². The number of imidazole rings is 1. The van der Waals surface area contributed by atoms with Gasteiger partial charge in [-0.25, -0.2) is 4.98 Å². The second-order valence-corrected chi connectivity index (χ2v) is 6.60. The van der Waals surface area contributed by atoms with Crippen LogP contribution in [0.5, 0.6) is 5.75 Å². The highest BCUT2D eigenvalue weighted by Crippen LogP contribution is 2.38. The molecule has 0 aliphatic carbocycles. The summed E-state index contributed by atoms with van der Waals surface area (Å²) >= 11 is 0. The van der Waals surface area contributed by atoms with Crippen molar-refractivity contribution < 1.29 is 14.3 Å². The Hall–Kier alpha value is -3.62. The van der Waals surface area contributed by atoms with Crippen molar-refractivity contribution in [3.63, 3.8) is 0 Å². The minimum absolute atomic E-state index is 0.153. The third-order valence-corrected chi connectivity index (χ3v) is 4.72. The molecule has 3 aromatic rings. The van der Waals surface area contributed by atoms with E-state index in [0.29, 0.717) is 18.0 Å². The van der Waals surface area contributed by atoms with Crippen molar-refractivity contribution in [2.45, 2.75) is 25.3 Å². The van der Waals surface area contributed by atoms with E-state index in [2.05, 4.69) is 20.5 Å². The Morgan fingerprint density at radius 1 is 1.32 bits per heavy atom. The van der Waals surface area contributed by atoms with Crippen molar-refractivity contribution in [3.05, 3.63) is 59.8 Å². The lowest BCUT2D eigenvalue weighted by Gasteiger charge is -2.23. The fourth-order valence-electron chi connectivity index (χ4n) is 3.38. The Balaban J connectivity index is 1.44. The molecule has 3 heterocycles. The van der Waals surface area contributed by atoms with Gasteiger partial charge in [0.2, 0.25) is 5.91 Å². The van der Waals surface area contributed by atoms with E-state index in [1.54, 1.807) is 12.5 Å². The molecular weight excluding hydrogens is 360 g/mol. The molecule has 0 radical (unpaired) electrons. The maximum Gasteiger partial charge on any atom is 0.267 e. The van der Waals surface area contributed by atoms with Gasteiger partial charge < -0.3 is 20.4 Å². The van der Waals surface area contributed by atoms with Gasteiger partial charge in [0.25, 0.3) is 5.91 Å². The smallest absolute Gasteiger partial charge is 0.267 e. The van der Waals surface area contributed by atoms with Crippen LogP contribution in [0.3, 0.4) is 0 Å². The Morgan fingerprint density at radius 2 is 2.14 bits per heavy atom. The van der Waals surface area contributed by atoms with E-state index in [0.717, 1.165) is 24.3 Å². The van der Waals surface area contributed by atoms with Crippen LogP contribution in [0.2, 0.25) is 0 Å². The van der Waals surface area contributed by atoms with E-state index >= 15 is 0 Å². The molecule has 28 heavy (non-hydrogen) atoms. The topological polar surface area (TPSA) is 128 Å². The number of benzene rings is 1. The first-order chi connectivity index (χ1) is 13.6. The van der Waals surface area contributed by atoms with Gasteiger partial charge in [0.1, 0.15) is 11.4 Å². The summed E-state index contributed by atoms with van der Waals surface area (Å²) in [6, 6.07) is 7.53. The molecule has 144 valence electrons. The third kappa shape index (κ3) is 3.59. The Bertz CT molecular complexity index is 978. The van der Waals surface area contributed by atoms with Crippen LogP contribution in [-0.2, 0) is 11.3 Å². The zero-order valence-electron chi connectivity index (χ0n) is 15.1. The van der Waals surface area contributed by atoms with Crippen molar-refractivity contribution in [2.75, 3.05) is 11.9 Å². The molecule has 0 saturated carbocycles. The molecule has 0 spiro atoms. The quantitative estimate of drug-likeness (QED) is 0.537. The summed E-state index contributed by atoms with van der Waals surface area (Å²) in [6.07, 6.45) is 6.53. The second kappa shape index (κ2) is 7.55. The predicted molar refractivity (Wildman–Crippen MR) is 101 cm³/mol. The number of H-pyrrole nitrogens is 1. The molecule has 9 heteroatoms. The molecule has 2 aromatic heterocycles. The minimum Gasteiger partial charge on any atom is -0.494 e. The molecule has 1 aromatic carbocycles. The van der Waals surface area contributed by atoms with E-state index < -0.39 is 5.91 Å². The number of nitrogens with one attached hydrogen (secondary N) is 2. The van der Waals surface area contributed by atoms with Gasteiger partial charge in [-0.2, -0.15) is 5.10 Å². The number of rotatable bonds is 7. The number of fused-ring (bicyclic) bond motifs is 1. The lowest BCUT2D eigenvalue weighted by Crippen LogP contribution is -2.25. The average molecular weight is 380 g/mol. The van der Waals surface area contributed by atoms with Crippen molar-refractivity contribution in [1.82, 2.24) is 19.7 Å². The van der Waals surface area contributed by atoms with Crippen molar-refractivity contribution in [3.8, 4) is 5.75 Å². The van der Waals surface area contributed by atoms with E-state index in [4.69, 9.17) is 10.5 Å². The lowest BCUT2D eigenvalue weighted by molar-refractivity contribution is -0.116. The number of hydrogen-bond donors (Lipinski definition) is 3. The van der Waals surface area contributed by atoms with E-state index in [1.165, 1.54) is 0 Å². The largest absolute Gasteiger partial charge is 0.494 e. The van der Waals surface area contributed by atoms with Gasteiger partial charge in [-0.15, -0.1) is 0 Å². The van der Waals surface area contributed by atoms with Crippen LogP contribution in [0.15, 0.2) is 43.0 Å². The molecule has 4 N–H and O–H groups in total. The first kappa shape index (κ1) is 17.8. The summed E-state index contributed by atoms with van der Waals surface area (Å²) in [5, 5.41) is 9.30. The number of anilines is 1. The van der Waals surface area contributed by atoms with E-state index in [9.17, 15) is 9.59 Å². The van der Waals surface area contributed by atoms with E-state index in [-0.39, 0.29) is 23.9 Å². The van der Waals surface area contributed by atoms with Gasteiger partial charge in [-0.1, -0.05) is 12.1 Å². The monoisotopic (exact) mass is 380 g/mol. The number of nitrogens with two attached hydrogens (primary N) is 1. The summed E-state index contributed by atoms with van der Waals surface area (Å²) in [4.78, 5) is 27.7. The molecule has 1 atom stereocenters. The predicted octanol–water partition coefficient (Wildman–Crippen LogP) is 1.65. The van der Waals surface area contributed by atoms with Gasteiger partial charge in [0.05, 0.1) is 12.9 Å². The number of ether oxygens (including phenoxy) is 1. The molecule has 0 fully saturated rings. The molecule has 1 aliphatic heterocycles. The van der Waals surface area contributed by atoms with Gasteiger partial charge in [0.15, 0.2) is 5.82 Å². The van der Waals surface area contributed by atoms with Crippen LogP contribution >= 0.6 is 0 Å². The fourth-order valence-corrected chi connectivity index (χ4v) is 3.38. The summed E-state index contributed by atoms with van der Waals surface area (Å²) in [5.41, 5.74) is 7.18. The third-order valence-electron chi connectivity index (χ3n) is 4.72. The zero-order chi connectivity index (χ0) is 19.5. The first-order valence-corrected chi connectivity index (χ1v) is 8.98. The van der Waals surface area contributed by atoms with Gasteiger partial charge >= 0.3 is 0 Å². The second-order valence-electron chi connectivity index (χ2n) is 6.60. The Kier molecular flexibility index (Phi) is 4.79. The maximum atomic E-state index is 12.0. The summed E-state index contributed by atoms with van der Waals surface area (Å²) < 4.78 is 7.78.